The van der Waals surface area contributed by atoms with E-state index >= 15 is 0 Å². The van der Waals surface area contributed by atoms with Crippen LogP contribution in [-0.2, 0) is 26.0 Å². The van der Waals surface area contributed by atoms with E-state index in [9.17, 15) is 23.1 Å². The zero-order valence-corrected chi connectivity index (χ0v) is 28.5. The fraction of sp³-hybridized carbons (Fsp3) is 0.545. The van der Waals surface area contributed by atoms with Gasteiger partial charge < -0.3 is 15.7 Å². The second kappa shape index (κ2) is 15.1. The van der Waals surface area contributed by atoms with Crippen molar-refractivity contribution in [3.8, 4) is 0 Å². The topological polar surface area (TPSA) is 132 Å². The lowest BCUT2D eigenvalue weighted by molar-refractivity contribution is -0.133. The quantitative estimate of drug-likeness (QED) is 0.241. The number of hydrogen-bond donors (Lipinski definition) is 3. The maximum Gasteiger partial charge on any atom is 0.243 e. The SMILES string of the molecule is CC(C)CN(C[C@@H](O)[C@H](Cc1ccccc1)NC(=O)[C@@H](NC(=O)CN1CCCC1)C(C)(C)C)S(=O)(=O)c1ccc2ncsc2c1. The Morgan fingerprint density at radius 3 is 2.38 bits per heavy atom. The summed E-state index contributed by atoms with van der Waals surface area (Å²) < 4.78 is 29.9. The van der Waals surface area contributed by atoms with Gasteiger partial charge in [-0.05, 0) is 67.4 Å². The molecule has 4 rings (SSSR count). The molecule has 2 aromatic carbocycles. The molecule has 0 saturated carbocycles. The third-order valence-electron chi connectivity index (χ3n) is 7.99. The first-order valence-electron chi connectivity index (χ1n) is 15.6. The summed E-state index contributed by atoms with van der Waals surface area (Å²) in [6.45, 7) is 11.4. The first kappa shape index (κ1) is 35.0. The zero-order chi connectivity index (χ0) is 32.8. The third-order valence-corrected chi connectivity index (χ3v) is 10.6. The van der Waals surface area contributed by atoms with Crippen molar-refractivity contribution in [3.05, 3.63) is 59.6 Å². The average molecular weight is 658 g/mol. The number of aromatic nitrogens is 1. The van der Waals surface area contributed by atoms with E-state index < -0.39 is 39.5 Å². The molecule has 12 heteroatoms. The molecule has 45 heavy (non-hydrogen) atoms. The number of amides is 2. The predicted octanol–water partition coefficient (Wildman–Crippen LogP) is 3.66. The van der Waals surface area contributed by atoms with Gasteiger partial charge in [-0.15, -0.1) is 11.3 Å². The van der Waals surface area contributed by atoms with Crippen LogP contribution in [0, 0.1) is 11.3 Å². The monoisotopic (exact) mass is 657 g/mol. The van der Waals surface area contributed by atoms with Crippen LogP contribution in [0.5, 0.6) is 0 Å². The number of nitrogens with one attached hydrogen (secondary N) is 2. The summed E-state index contributed by atoms with van der Waals surface area (Å²) in [4.78, 5) is 33.3. The predicted molar refractivity (Wildman–Crippen MR) is 178 cm³/mol. The number of likely N-dealkylation sites (tertiary alicyclic amines) is 1. The normalized spacial score (nSPS) is 16.6. The van der Waals surface area contributed by atoms with Crippen LogP contribution in [0.25, 0.3) is 10.2 Å². The number of sulfonamides is 1. The molecule has 1 fully saturated rings. The lowest BCUT2D eigenvalue weighted by Crippen LogP contribution is -2.59. The summed E-state index contributed by atoms with van der Waals surface area (Å²) in [6.07, 6.45) is 1.14. The van der Waals surface area contributed by atoms with E-state index in [-0.39, 0.29) is 42.8 Å². The Kier molecular flexibility index (Phi) is 11.8. The third kappa shape index (κ3) is 9.55. The highest BCUT2D eigenvalue weighted by Gasteiger charge is 2.37. The van der Waals surface area contributed by atoms with Gasteiger partial charge in [-0.25, -0.2) is 13.4 Å². The minimum atomic E-state index is -3.98. The molecule has 1 aliphatic rings. The fourth-order valence-electron chi connectivity index (χ4n) is 5.60. The number of aliphatic hydroxyl groups excluding tert-OH is 1. The van der Waals surface area contributed by atoms with Crippen LogP contribution in [-0.4, -0.2) is 90.4 Å². The molecule has 0 spiro atoms. The Labute approximate surface area is 271 Å². The standard InChI is InChI=1S/C33H47N5O5S2/c1-23(2)19-38(45(42,43)25-13-14-26-29(18-25)44-22-34-26)20-28(39)27(17-24-11-7-6-8-12-24)35-32(41)31(33(3,4)5)36-30(40)21-37-15-9-10-16-37/h6-8,11-14,18,22-23,27-28,31,39H,9-10,15-17,19-21H2,1-5H3,(H,35,41)(H,36,40)/t27-,28+,31+/m0/s1. The highest BCUT2D eigenvalue weighted by molar-refractivity contribution is 7.89. The Morgan fingerprint density at radius 2 is 1.73 bits per heavy atom. The van der Waals surface area contributed by atoms with Gasteiger partial charge in [0, 0.05) is 13.1 Å². The van der Waals surface area contributed by atoms with Crippen molar-refractivity contribution in [1.82, 2.24) is 24.8 Å². The van der Waals surface area contributed by atoms with E-state index in [0.717, 1.165) is 41.7 Å². The number of carbonyl (C=O) groups is 2. The fourth-order valence-corrected chi connectivity index (χ4v) is 8.04. The molecular formula is C33H47N5O5S2. The first-order valence-corrected chi connectivity index (χ1v) is 17.9. The van der Waals surface area contributed by atoms with Crippen molar-refractivity contribution >= 4 is 43.4 Å². The molecule has 3 aromatic rings. The number of fused-ring (bicyclic) bond motifs is 1. The van der Waals surface area contributed by atoms with Gasteiger partial charge >= 0.3 is 0 Å². The number of thiazole rings is 1. The molecule has 3 N–H and O–H groups in total. The van der Waals surface area contributed by atoms with Crippen molar-refractivity contribution in [1.29, 1.82) is 0 Å². The summed E-state index contributed by atoms with van der Waals surface area (Å²) in [7, 11) is -3.98. The van der Waals surface area contributed by atoms with Crippen LogP contribution in [0.3, 0.4) is 0 Å². The maximum atomic E-state index is 13.9. The van der Waals surface area contributed by atoms with Crippen LogP contribution in [0.4, 0.5) is 0 Å². The smallest absolute Gasteiger partial charge is 0.243 e. The molecule has 1 saturated heterocycles. The van der Waals surface area contributed by atoms with Gasteiger partial charge in [0.15, 0.2) is 0 Å². The molecule has 2 heterocycles. The lowest BCUT2D eigenvalue weighted by Gasteiger charge is -2.35. The second-order valence-electron chi connectivity index (χ2n) is 13.4. The molecular weight excluding hydrogens is 611 g/mol. The minimum Gasteiger partial charge on any atom is -0.390 e. The molecule has 0 aliphatic carbocycles. The molecule has 246 valence electrons. The van der Waals surface area contributed by atoms with E-state index in [4.69, 9.17) is 0 Å². The van der Waals surface area contributed by atoms with Gasteiger partial charge in [0.2, 0.25) is 21.8 Å². The second-order valence-corrected chi connectivity index (χ2v) is 16.2. The maximum absolute atomic E-state index is 13.9. The van der Waals surface area contributed by atoms with E-state index in [0.29, 0.717) is 0 Å². The van der Waals surface area contributed by atoms with Crippen LogP contribution in [0.15, 0.2) is 58.9 Å². The van der Waals surface area contributed by atoms with Crippen molar-refractivity contribution in [2.75, 3.05) is 32.7 Å². The van der Waals surface area contributed by atoms with Crippen molar-refractivity contribution in [3.63, 3.8) is 0 Å². The lowest BCUT2D eigenvalue weighted by atomic mass is 9.85. The number of hydrogen-bond acceptors (Lipinski definition) is 8. The van der Waals surface area contributed by atoms with Gasteiger partial charge in [-0.1, -0.05) is 65.0 Å². The largest absolute Gasteiger partial charge is 0.390 e. The van der Waals surface area contributed by atoms with Gasteiger partial charge in [-0.3, -0.25) is 14.5 Å². The van der Waals surface area contributed by atoms with Gasteiger partial charge in [0.05, 0.1) is 39.3 Å². The number of rotatable bonds is 14. The molecule has 0 bridgehead atoms. The van der Waals surface area contributed by atoms with Crippen molar-refractivity contribution in [2.45, 2.75) is 77.0 Å². The van der Waals surface area contributed by atoms with Crippen LogP contribution in [0.1, 0.15) is 53.0 Å². The summed E-state index contributed by atoms with van der Waals surface area (Å²) >= 11 is 1.36. The average Bonchev–Trinajstić information content (AvgIpc) is 3.66. The minimum absolute atomic E-state index is 0.0163. The van der Waals surface area contributed by atoms with Crippen LogP contribution in [0.2, 0.25) is 0 Å². The van der Waals surface area contributed by atoms with Crippen molar-refractivity contribution in [2.24, 2.45) is 11.3 Å². The molecule has 1 aromatic heterocycles. The molecule has 0 unspecified atom stereocenters. The number of benzene rings is 2. The molecule has 2 amide bonds. The zero-order valence-electron chi connectivity index (χ0n) is 26.9. The van der Waals surface area contributed by atoms with Crippen LogP contribution < -0.4 is 10.6 Å². The van der Waals surface area contributed by atoms with E-state index in [1.54, 1.807) is 23.7 Å². The van der Waals surface area contributed by atoms with Crippen molar-refractivity contribution < 1.29 is 23.1 Å². The van der Waals surface area contributed by atoms with Gasteiger partial charge in [0.1, 0.15) is 6.04 Å². The Morgan fingerprint density at radius 1 is 1.04 bits per heavy atom. The number of carbonyl (C=O) groups excluding carboxylic acids is 2. The molecule has 0 radical (unpaired) electrons. The van der Waals surface area contributed by atoms with E-state index in [1.807, 2.05) is 65.0 Å². The summed E-state index contributed by atoms with van der Waals surface area (Å²) in [5, 5.41) is 17.6. The highest BCUT2D eigenvalue weighted by atomic mass is 32.2. The van der Waals surface area contributed by atoms with Gasteiger partial charge in [-0.2, -0.15) is 4.31 Å². The van der Waals surface area contributed by atoms with Gasteiger partial charge in [0.25, 0.3) is 0 Å². The Hall–Kier alpha value is -2.90. The molecule has 10 nitrogen and oxygen atoms in total. The summed E-state index contributed by atoms with van der Waals surface area (Å²) in [6, 6.07) is 12.6. The molecule has 3 atom stereocenters. The number of aliphatic hydroxyl groups is 1. The van der Waals surface area contributed by atoms with Crippen LogP contribution >= 0.6 is 11.3 Å². The number of nitrogens with zero attached hydrogens (tertiary/aromatic N) is 3. The molecule has 1 aliphatic heterocycles. The highest BCUT2D eigenvalue weighted by Crippen LogP contribution is 2.26. The summed E-state index contributed by atoms with van der Waals surface area (Å²) in [5.74, 6) is -0.664. The summed E-state index contributed by atoms with van der Waals surface area (Å²) in [5.41, 5.74) is 2.66. The van der Waals surface area contributed by atoms with E-state index in [1.165, 1.54) is 15.6 Å². The van der Waals surface area contributed by atoms with E-state index in [2.05, 4.69) is 20.5 Å². The Bertz CT molecular complexity index is 1530. The first-order chi connectivity index (χ1) is 21.2. The Balaban J connectivity index is 1.57.